The van der Waals surface area contributed by atoms with Crippen molar-refractivity contribution in [1.82, 2.24) is 5.32 Å². The average Bonchev–Trinajstić information content (AvgIpc) is 2.15. The van der Waals surface area contributed by atoms with Gasteiger partial charge in [-0.15, -0.1) is 0 Å². The van der Waals surface area contributed by atoms with Crippen molar-refractivity contribution in [2.45, 2.75) is 45.8 Å². The molecule has 1 atom stereocenters. The number of ether oxygens (including phenoxy) is 2. The van der Waals surface area contributed by atoms with Crippen LogP contribution in [0.5, 0.6) is 0 Å². The molecule has 90 valence electrons. The summed E-state index contributed by atoms with van der Waals surface area (Å²) in [6.45, 7) is 9.05. The first-order valence-electron chi connectivity index (χ1n) is 5.36. The van der Waals surface area contributed by atoms with E-state index < -0.39 is 0 Å². The van der Waals surface area contributed by atoms with Gasteiger partial charge in [0.05, 0.1) is 19.3 Å². The van der Waals surface area contributed by atoms with Gasteiger partial charge in [-0.25, -0.2) is 0 Å². The van der Waals surface area contributed by atoms with Crippen molar-refractivity contribution >= 4 is 5.97 Å². The van der Waals surface area contributed by atoms with Crippen molar-refractivity contribution in [2.75, 3.05) is 20.3 Å². The van der Waals surface area contributed by atoms with Crippen LogP contribution < -0.4 is 5.32 Å². The normalized spacial score (nSPS) is 13.7. The fourth-order valence-electron chi connectivity index (χ4n) is 1.00. The average molecular weight is 217 g/mol. The van der Waals surface area contributed by atoms with Gasteiger partial charge in [-0.05, 0) is 33.7 Å². The zero-order valence-electron chi connectivity index (χ0n) is 10.4. The molecule has 1 unspecified atom stereocenters. The Kier molecular flexibility index (Phi) is 6.52. The van der Waals surface area contributed by atoms with Gasteiger partial charge in [-0.2, -0.15) is 0 Å². The van der Waals surface area contributed by atoms with Crippen molar-refractivity contribution in [3.8, 4) is 0 Å². The second kappa shape index (κ2) is 6.80. The Morgan fingerprint density at radius 1 is 1.40 bits per heavy atom. The van der Waals surface area contributed by atoms with Gasteiger partial charge in [0.25, 0.3) is 0 Å². The van der Waals surface area contributed by atoms with E-state index in [0.29, 0.717) is 6.61 Å². The molecule has 0 amide bonds. The van der Waals surface area contributed by atoms with E-state index in [1.807, 2.05) is 27.7 Å². The molecular weight excluding hydrogens is 194 g/mol. The quantitative estimate of drug-likeness (QED) is 0.682. The highest BCUT2D eigenvalue weighted by molar-refractivity contribution is 5.75. The lowest BCUT2D eigenvalue weighted by Gasteiger charge is -2.23. The number of methoxy groups -OCH3 is 1. The molecule has 0 saturated heterocycles. The van der Waals surface area contributed by atoms with E-state index in [4.69, 9.17) is 9.47 Å². The lowest BCUT2D eigenvalue weighted by molar-refractivity contribution is -0.146. The second-order valence-electron chi connectivity index (χ2n) is 4.45. The van der Waals surface area contributed by atoms with E-state index >= 15 is 0 Å². The van der Waals surface area contributed by atoms with Crippen LogP contribution in [0.4, 0.5) is 0 Å². The van der Waals surface area contributed by atoms with Gasteiger partial charge in [-0.3, -0.25) is 4.79 Å². The molecule has 4 heteroatoms. The molecule has 0 fully saturated rings. The first kappa shape index (κ1) is 14.4. The first-order chi connectivity index (χ1) is 6.90. The molecule has 0 aliphatic rings. The fourth-order valence-corrected chi connectivity index (χ4v) is 1.00. The topological polar surface area (TPSA) is 47.6 Å². The van der Waals surface area contributed by atoms with E-state index in [1.54, 1.807) is 0 Å². The molecule has 0 aromatic rings. The molecule has 0 heterocycles. The summed E-state index contributed by atoms with van der Waals surface area (Å²) in [6, 6.07) is -0.367. The molecule has 0 aromatic carbocycles. The summed E-state index contributed by atoms with van der Waals surface area (Å²) in [6.07, 6.45) is 0.975. The maximum absolute atomic E-state index is 11.4. The summed E-state index contributed by atoms with van der Waals surface area (Å²) in [7, 11) is 1.39. The molecule has 0 spiro atoms. The Labute approximate surface area is 92.3 Å². The van der Waals surface area contributed by atoms with E-state index in [9.17, 15) is 4.79 Å². The van der Waals surface area contributed by atoms with Crippen LogP contribution in [-0.2, 0) is 14.3 Å². The van der Waals surface area contributed by atoms with Gasteiger partial charge < -0.3 is 14.8 Å². The van der Waals surface area contributed by atoms with E-state index in [2.05, 4.69) is 5.32 Å². The molecule has 0 aromatic heterocycles. The molecule has 0 bridgehead atoms. The third-order valence-electron chi connectivity index (χ3n) is 1.81. The van der Waals surface area contributed by atoms with Crippen molar-refractivity contribution in [3.63, 3.8) is 0 Å². The highest BCUT2D eigenvalue weighted by Crippen LogP contribution is 2.07. The largest absolute Gasteiger partial charge is 0.468 e. The molecular formula is C11H23NO3. The van der Waals surface area contributed by atoms with Crippen molar-refractivity contribution in [2.24, 2.45) is 0 Å². The van der Waals surface area contributed by atoms with Crippen LogP contribution in [0.15, 0.2) is 0 Å². The highest BCUT2D eigenvalue weighted by atomic mass is 16.5. The van der Waals surface area contributed by atoms with Gasteiger partial charge in [0, 0.05) is 0 Å². The molecule has 4 nitrogen and oxygen atoms in total. The van der Waals surface area contributed by atoms with Crippen molar-refractivity contribution in [3.05, 3.63) is 0 Å². The highest BCUT2D eigenvalue weighted by Gasteiger charge is 2.21. The summed E-state index contributed by atoms with van der Waals surface area (Å²) < 4.78 is 10.2. The Morgan fingerprint density at radius 2 is 2.00 bits per heavy atom. The number of nitrogens with one attached hydrogen (secondary N) is 1. The molecule has 0 saturated carbocycles. The van der Waals surface area contributed by atoms with Gasteiger partial charge in [-0.1, -0.05) is 6.92 Å². The summed E-state index contributed by atoms with van der Waals surface area (Å²) in [5.74, 6) is -0.271. The molecule has 0 radical (unpaired) electrons. The Balaban J connectivity index is 4.07. The van der Waals surface area contributed by atoms with Crippen LogP contribution in [-0.4, -0.2) is 37.9 Å². The number of hydrogen-bond acceptors (Lipinski definition) is 4. The first-order valence-corrected chi connectivity index (χ1v) is 5.36. The molecule has 15 heavy (non-hydrogen) atoms. The summed E-state index contributed by atoms with van der Waals surface area (Å²) in [4.78, 5) is 11.4. The van der Waals surface area contributed by atoms with Gasteiger partial charge in [0.2, 0.25) is 0 Å². The monoisotopic (exact) mass is 217 g/mol. The predicted octanol–water partition coefficient (Wildman–Crippen LogP) is 1.34. The van der Waals surface area contributed by atoms with E-state index in [1.165, 1.54) is 7.11 Å². The zero-order valence-corrected chi connectivity index (χ0v) is 10.4. The summed E-state index contributed by atoms with van der Waals surface area (Å²) in [5.41, 5.74) is -0.236. The number of rotatable bonds is 6. The number of carbonyl (C=O) groups is 1. The van der Waals surface area contributed by atoms with Gasteiger partial charge >= 0.3 is 5.97 Å². The number of hydrogen-bond donors (Lipinski definition) is 1. The second-order valence-corrected chi connectivity index (χ2v) is 4.45. The van der Waals surface area contributed by atoms with Crippen LogP contribution in [0.1, 0.15) is 34.1 Å². The van der Waals surface area contributed by atoms with Crippen LogP contribution in [0.25, 0.3) is 0 Å². The van der Waals surface area contributed by atoms with Crippen LogP contribution in [0.2, 0.25) is 0 Å². The van der Waals surface area contributed by atoms with Crippen molar-refractivity contribution in [1.29, 1.82) is 0 Å². The Bertz CT molecular complexity index is 187. The van der Waals surface area contributed by atoms with Crippen LogP contribution >= 0.6 is 0 Å². The number of esters is 1. The molecule has 0 aliphatic heterocycles. The predicted molar refractivity (Wildman–Crippen MR) is 59.8 cm³/mol. The minimum Gasteiger partial charge on any atom is -0.468 e. The van der Waals surface area contributed by atoms with Gasteiger partial charge in [0.15, 0.2) is 0 Å². The molecule has 0 rings (SSSR count). The Morgan fingerprint density at radius 3 is 2.40 bits per heavy atom. The van der Waals surface area contributed by atoms with E-state index in [0.717, 1.165) is 13.0 Å². The van der Waals surface area contributed by atoms with E-state index in [-0.39, 0.29) is 17.6 Å². The van der Waals surface area contributed by atoms with Crippen LogP contribution in [0.3, 0.4) is 0 Å². The minimum atomic E-state index is -0.367. The fraction of sp³-hybridized carbons (Fsp3) is 0.909. The van der Waals surface area contributed by atoms with Crippen molar-refractivity contribution < 1.29 is 14.3 Å². The lowest BCUT2D eigenvalue weighted by Crippen LogP contribution is -2.43. The maximum atomic E-state index is 11.4. The third kappa shape index (κ3) is 7.33. The van der Waals surface area contributed by atoms with Gasteiger partial charge in [0.1, 0.15) is 6.04 Å². The third-order valence-corrected chi connectivity index (χ3v) is 1.81. The summed E-state index contributed by atoms with van der Waals surface area (Å²) >= 11 is 0. The maximum Gasteiger partial charge on any atom is 0.325 e. The minimum absolute atomic E-state index is 0.236. The molecule has 1 N–H and O–H groups in total. The standard InChI is InChI=1S/C11H23NO3/c1-6-7-12-9(10(13)14-5)8-15-11(2,3)4/h9,12H,6-8H2,1-5H3. The smallest absolute Gasteiger partial charge is 0.325 e. The lowest BCUT2D eigenvalue weighted by atomic mass is 10.2. The number of carbonyl (C=O) groups excluding carboxylic acids is 1. The zero-order chi connectivity index (χ0) is 11.9. The summed E-state index contributed by atoms with van der Waals surface area (Å²) in [5, 5.41) is 3.09. The Hall–Kier alpha value is -0.610. The van der Waals surface area contributed by atoms with Crippen LogP contribution in [0, 0.1) is 0 Å². The SMILES string of the molecule is CCCNC(COC(C)(C)C)C(=O)OC. The molecule has 0 aliphatic carbocycles.